The van der Waals surface area contributed by atoms with E-state index in [1.165, 1.54) is 0 Å². The second kappa shape index (κ2) is 20.8. The van der Waals surface area contributed by atoms with Crippen LogP contribution >= 0.6 is 0 Å². The maximum atomic E-state index is 12.3. The van der Waals surface area contributed by atoms with Crippen molar-refractivity contribution in [1.29, 1.82) is 0 Å². The largest absolute Gasteiger partial charge is 0.479 e. The number of carbonyl (C=O) groups is 2. The van der Waals surface area contributed by atoms with Gasteiger partial charge in [0.25, 0.3) is 0 Å². The molecule has 58 heavy (non-hydrogen) atoms. The number of amides is 1. The Labute approximate surface area is 326 Å². The van der Waals surface area contributed by atoms with Crippen molar-refractivity contribution in [2.75, 3.05) is 33.0 Å². The second-order valence-corrected chi connectivity index (χ2v) is 14.3. The van der Waals surface area contributed by atoms with Crippen LogP contribution in [0.1, 0.15) is 6.92 Å². The summed E-state index contributed by atoms with van der Waals surface area (Å²) in [4.78, 5) is 26.6. The number of aliphatic hydroxyl groups excluding tert-OH is 10. The molecule has 0 spiro atoms. The zero-order valence-electron chi connectivity index (χ0n) is 30.0. The van der Waals surface area contributed by atoms with Crippen LogP contribution in [0.15, 0.2) is 5.11 Å². The van der Waals surface area contributed by atoms with Crippen molar-refractivity contribution in [3.05, 3.63) is 10.4 Å². The summed E-state index contributed by atoms with van der Waals surface area (Å²) >= 11 is 0. The average molecular weight is 871 g/mol. The summed E-state index contributed by atoms with van der Waals surface area (Å²) in [5.41, 5.74) is 8.56. The van der Waals surface area contributed by atoms with Gasteiger partial charge in [-0.2, -0.15) is 8.42 Å². The van der Waals surface area contributed by atoms with E-state index in [1.54, 1.807) is 0 Å². The Bertz CT molecular complexity index is 1530. The van der Waals surface area contributed by atoms with E-state index in [2.05, 4.69) is 19.5 Å². The van der Waals surface area contributed by atoms with E-state index in [9.17, 15) is 74.2 Å². The average Bonchev–Trinajstić information content (AvgIpc) is 3.16. The summed E-state index contributed by atoms with van der Waals surface area (Å²) in [6, 6.07) is -1.70. The number of carboxylic acid groups (broad SMARTS) is 1. The van der Waals surface area contributed by atoms with Crippen molar-refractivity contribution in [3.8, 4) is 0 Å². The lowest BCUT2D eigenvalue weighted by Crippen LogP contribution is -2.69. The molecule has 13 N–H and O–H groups in total. The number of carboxylic acids is 1. The summed E-state index contributed by atoms with van der Waals surface area (Å²) < 4.78 is 80.5. The molecule has 334 valence electrons. The number of aliphatic carboxylic acids is 1. The summed E-state index contributed by atoms with van der Waals surface area (Å²) in [6.45, 7) is -2.41. The number of nitrogens with zero attached hydrogens (tertiary/aromatic N) is 3. The third kappa shape index (κ3) is 11.2. The first-order valence-corrected chi connectivity index (χ1v) is 18.6. The Balaban J connectivity index is 1.59. The van der Waals surface area contributed by atoms with Crippen molar-refractivity contribution < 1.29 is 121 Å². The van der Waals surface area contributed by atoms with E-state index >= 15 is 0 Å². The number of hydrogen-bond acceptors (Lipinski definition) is 24. The van der Waals surface area contributed by atoms with Crippen molar-refractivity contribution in [2.24, 2.45) is 5.11 Å². The molecule has 0 aliphatic carbocycles. The maximum absolute atomic E-state index is 12.3. The minimum atomic E-state index is -5.46. The molecule has 4 aliphatic rings. The smallest absolute Gasteiger partial charge is 0.397 e. The maximum Gasteiger partial charge on any atom is 0.397 e. The fourth-order valence-corrected chi connectivity index (χ4v) is 7.03. The molecule has 4 saturated heterocycles. The molecule has 0 aromatic carbocycles. The molecule has 0 bridgehead atoms. The molecule has 0 saturated carbocycles. The van der Waals surface area contributed by atoms with E-state index in [0.717, 1.165) is 6.92 Å². The van der Waals surface area contributed by atoms with Gasteiger partial charge in [0.2, 0.25) is 5.91 Å². The van der Waals surface area contributed by atoms with Gasteiger partial charge in [0.1, 0.15) is 91.5 Å². The lowest BCUT2D eigenvalue weighted by Gasteiger charge is -2.50. The zero-order valence-corrected chi connectivity index (χ0v) is 30.8. The van der Waals surface area contributed by atoms with Crippen LogP contribution in [-0.2, 0) is 62.1 Å². The fourth-order valence-electron chi connectivity index (χ4n) is 6.53. The number of azide groups is 1. The Kier molecular flexibility index (Phi) is 17.2. The van der Waals surface area contributed by atoms with Gasteiger partial charge in [-0.05, 0) is 5.53 Å². The number of rotatable bonds is 17. The van der Waals surface area contributed by atoms with E-state index in [0.29, 0.717) is 0 Å². The van der Waals surface area contributed by atoms with Crippen LogP contribution in [0, 0.1) is 0 Å². The van der Waals surface area contributed by atoms with Gasteiger partial charge in [-0.3, -0.25) is 9.35 Å². The zero-order chi connectivity index (χ0) is 43.2. The first kappa shape index (κ1) is 48.1. The predicted molar refractivity (Wildman–Crippen MR) is 174 cm³/mol. The van der Waals surface area contributed by atoms with Gasteiger partial charge in [-0.15, -0.1) is 0 Å². The van der Waals surface area contributed by atoms with Gasteiger partial charge in [0, 0.05) is 18.4 Å². The Morgan fingerprint density at radius 1 is 0.690 bits per heavy atom. The molecule has 30 heteroatoms. The molecular weight excluding hydrogens is 824 g/mol. The third-order valence-corrected chi connectivity index (χ3v) is 9.76. The lowest BCUT2D eigenvalue weighted by molar-refractivity contribution is -0.382. The Morgan fingerprint density at radius 3 is 1.79 bits per heavy atom. The summed E-state index contributed by atoms with van der Waals surface area (Å²) in [7, 11) is -5.46. The number of nitrogens with one attached hydrogen (secondary N) is 1. The highest BCUT2D eigenvalue weighted by atomic mass is 32.3. The van der Waals surface area contributed by atoms with Crippen molar-refractivity contribution >= 4 is 22.3 Å². The van der Waals surface area contributed by atoms with Gasteiger partial charge >= 0.3 is 16.4 Å². The Hall–Kier alpha value is -2.60. The molecule has 4 heterocycles. The topological polar surface area (TPSA) is 455 Å². The standard InChI is InChI=1S/C28H46N4O25S/c1-7(36)31-11-14(39)19(10(6-35)52-25(11)56-23-15(40)12(37)8(4-33)51-28(23)49-3-2-30-32-29)53-26-17(42)20(13(38)9(5-34)50-26)54-27-18(43)21(57-58(46,47)48)16(41)22(55-27)24(44)45/h8-23,25-28,33-35,37-43H,2-6H2,1H3,(H,31,36)(H,44,45)(H,46,47,48). The summed E-state index contributed by atoms with van der Waals surface area (Å²) in [6.07, 6.45) is -38.3. The molecule has 0 aromatic rings. The molecule has 29 nitrogen and oxygen atoms in total. The highest BCUT2D eigenvalue weighted by Gasteiger charge is 2.57. The highest BCUT2D eigenvalue weighted by molar-refractivity contribution is 7.80. The van der Waals surface area contributed by atoms with Gasteiger partial charge < -0.3 is 99.4 Å². The molecule has 20 unspecified atom stereocenters. The molecular formula is C28H46N4O25S. The van der Waals surface area contributed by atoms with Crippen LogP contribution in [0.5, 0.6) is 0 Å². The molecule has 4 rings (SSSR count). The first-order chi connectivity index (χ1) is 27.3. The van der Waals surface area contributed by atoms with Crippen LogP contribution in [0.2, 0.25) is 0 Å². The minimum Gasteiger partial charge on any atom is -0.479 e. The summed E-state index contributed by atoms with van der Waals surface area (Å²) in [5, 5.41) is 121. The molecule has 0 radical (unpaired) electrons. The minimum absolute atomic E-state index is 0.233. The van der Waals surface area contributed by atoms with Crippen LogP contribution in [0.4, 0.5) is 0 Å². The number of carbonyl (C=O) groups excluding carboxylic acids is 1. The van der Waals surface area contributed by atoms with Gasteiger partial charge in [-0.1, -0.05) is 5.11 Å². The Morgan fingerprint density at radius 2 is 1.22 bits per heavy atom. The van der Waals surface area contributed by atoms with Crippen molar-refractivity contribution in [2.45, 2.75) is 130 Å². The van der Waals surface area contributed by atoms with Gasteiger partial charge in [0.05, 0.1) is 26.4 Å². The van der Waals surface area contributed by atoms with Crippen molar-refractivity contribution in [3.63, 3.8) is 0 Å². The van der Waals surface area contributed by atoms with Gasteiger partial charge in [0.15, 0.2) is 31.3 Å². The van der Waals surface area contributed by atoms with Crippen molar-refractivity contribution in [1.82, 2.24) is 5.32 Å². The highest BCUT2D eigenvalue weighted by Crippen LogP contribution is 2.35. The van der Waals surface area contributed by atoms with Crippen LogP contribution in [-0.4, -0.2) is 237 Å². The predicted octanol–water partition coefficient (Wildman–Crippen LogP) is -8.35. The van der Waals surface area contributed by atoms with Crippen LogP contribution < -0.4 is 5.32 Å². The van der Waals surface area contributed by atoms with E-state index < -0.39 is 165 Å². The summed E-state index contributed by atoms with van der Waals surface area (Å²) in [5.74, 6) is -2.76. The third-order valence-electron chi connectivity index (χ3n) is 9.30. The van der Waals surface area contributed by atoms with Gasteiger partial charge in [-0.25, -0.2) is 8.98 Å². The fraction of sp³-hybridized carbons (Fsp3) is 0.929. The number of aliphatic hydroxyl groups is 10. The van der Waals surface area contributed by atoms with E-state index in [1.807, 2.05) is 0 Å². The number of hydrogen-bond donors (Lipinski definition) is 13. The van der Waals surface area contributed by atoms with Crippen LogP contribution in [0.25, 0.3) is 10.4 Å². The normalized spacial score (nSPS) is 43.6. The molecule has 20 atom stereocenters. The quantitative estimate of drug-likeness (QED) is 0.0212. The molecule has 4 fully saturated rings. The monoisotopic (exact) mass is 870 g/mol. The first-order valence-electron chi connectivity index (χ1n) is 17.2. The molecule has 4 aliphatic heterocycles. The van der Waals surface area contributed by atoms with E-state index in [-0.39, 0.29) is 13.2 Å². The second-order valence-electron chi connectivity index (χ2n) is 13.2. The van der Waals surface area contributed by atoms with E-state index in [4.69, 9.17) is 48.0 Å². The molecule has 1 amide bonds. The van der Waals surface area contributed by atoms with Crippen LogP contribution in [0.3, 0.4) is 0 Å². The SMILES string of the molecule is CC(=O)NC1C(OC2C(OCCN=[N+]=[N-])OC(CO)C(O)C2O)OC(CO)C(OC2OC(CO)C(O)C(OC3OC(C(=O)O)C(O)C(OS(=O)(=O)O)C3O)C2O)C1O. The molecule has 0 aromatic heterocycles. The number of ether oxygens (including phenoxy) is 8. The lowest BCUT2D eigenvalue weighted by atomic mass is 9.94.